The lowest BCUT2D eigenvalue weighted by molar-refractivity contribution is 0.593. The molecule has 0 spiro atoms. The molecule has 2 atom stereocenters. The molecule has 0 aliphatic rings. The highest BCUT2D eigenvalue weighted by Gasteiger charge is 2.17. The van der Waals surface area contributed by atoms with Crippen LogP contribution in [0, 0.1) is 13.8 Å². The zero-order chi connectivity index (χ0) is 31.3. The van der Waals surface area contributed by atoms with Crippen molar-refractivity contribution in [3.05, 3.63) is 129 Å². The number of nitrogen functional groups attached to an aromatic ring is 2. The minimum Gasteiger partial charge on any atom is -0.399 e. The molecule has 0 amide bonds. The van der Waals surface area contributed by atoms with E-state index >= 15 is 0 Å². The quantitative estimate of drug-likeness (QED) is 0.0952. The molecule has 0 radical (unpaired) electrons. The number of hydrogen-bond donors (Lipinski definition) is 2. The Hall–Kier alpha value is -3.52. The summed E-state index contributed by atoms with van der Waals surface area (Å²) in [6, 6.07) is 31.6. The van der Waals surface area contributed by atoms with Crippen molar-refractivity contribution in [2.75, 3.05) is 11.5 Å². The Morgan fingerprint density at radius 2 is 0.841 bits per heavy atom. The van der Waals surface area contributed by atoms with Crippen molar-refractivity contribution in [1.82, 2.24) is 0 Å². The normalized spacial score (nSPS) is 12.7. The minimum absolute atomic E-state index is 0.449. The number of benzene rings is 4. The molecule has 4 aromatic carbocycles. The summed E-state index contributed by atoms with van der Waals surface area (Å²) in [5.41, 5.74) is 24.9. The van der Waals surface area contributed by atoms with E-state index in [0.717, 1.165) is 11.4 Å². The molecule has 0 bridgehead atoms. The lowest BCUT2D eigenvalue weighted by Crippen LogP contribution is -2.04. The fourth-order valence-corrected chi connectivity index (χ4v) is 6.96. The molecule has 0 aliphatic carbocycles. The van der Waals surface area contributed by atoms with Crippen molar-refractivity contribution in [2.24, 2.45) is 0 Å². The van der Waals surface area contributed by atoms with Gasteiger partial charge in [-0.1, -0.05) is 113 Å². The highest BCUT2D eigenvalue weighted by atomic mass is 14.5. The van der Waals surface area contributed by atoms with Crippen molar-refractivity contribution in [3.63, 3.8) is 0 Å². The maximum Gasteiger partial charge on any atom is 0.0316 e. The van der Waals surface area contributed by atoms with E-state index in [1.807, 2.05) is 12.1 Å². The van der Waals surface area contributed by atoms with Crippen LogP contribution in [-0.2, 0) is 12.8 Å². The zero-order valence-corrected chi connectivity index (χ0v) is 27.9. The predicted octanol–water partition coefficient (Wildman–Crippen LogP) is 11.5. The SMILES string of the molecule is CCCC(c1ccc(CCCCCCCCc2ccc(C(CCC)c3ccc(N)cc3C)cc2)cc1)c1ccc(N)cc1C. The van der Waals surface area contributed by atoms with Crippen molar-refractivity contribution < 1.29 is 0 Å². The molecule has 0 aromatic heterocycles. The van der Waals surface area contributed by atoms with Gasteiger partial charge in [0.2, 0.25) is 0 Å². The third-order valence-corrected chi connectivity index (χ3v) is 9.44. The fourth-order valence-electron chi connectivity index (χ4n) is 6.96. The van der Waals surface area contributed by atoms with Gasteiger partial charge in [-0.05, 0) is 121 Å². The second-order valence-corrected chi connectivity index (χ2v) is 13.0. The number of hydrogen-bond acceptors (Lipinski definition) is 2. The summed E-state index contributed by atoms with van der Waals surface area (Å²) in [7, 11) is 0. The minimum atomic E-state index is 0.449. The first-order chi connectivity index (χ1) is 21.4. The third-order valence-electron chi connectivity index (χ3n) is 9.44. The standard InChI is InChI=1S/C42H56N2/c1-5-13-41(39-27-25-37(43)29-31(39)3)35-21-17-33(18-22-35)15-11-9-7-8-10-12-16-34-19-23-36(24-20-34)42(14-6-2)40-28-26-38(44)30-32(40)4/h17-30,41-42H,5-16,43-44H2,1-4H3. The Bertz CT molecular complexity index is 1310. The van der Waals surface area contributed by atoms with Crippen molar-refractivity contribution in [2.45, 2.75) is 117 Å². The average molecular weight is 589 g/mol. The van der Waals surface area contributed by atoms with Crippen LogP contribution < -0.4 is 11.5 Å². The van der Waals surface area contributed by atoms with Crippen LogP contribution in [0.5, 0.6) is 0 Å². The van der Waals surface area contributed by atoms with Crippen molar-refractivity contribution in [3.8, 4) is 0 Å². The third kappa shape index (κ3) is 9.49. The largest absolute Gasteiger partial charge is 0.399 e. The van der Waals surface area contributed by atoms with Gasteiger partial charge in [0.1, 0.15) is 0 Å². The lowest BCUT2D eigenvalue weighted by Gasteiger charge is -2.20. The molecule has 0 heterocycles. The molecule has 0 saturated carbocycles. The highest BCUT2D eigenvalue weighted by molar-refractivity contribution is 5.49. The second kappa shape index (κ2) is 17.1. The van der Waals surface area contributed by atoms with Gasteiger partial charge in [0.25, 0.3) is 0 Å². The monoisotopic (exact) mass is 588 g/mol. The summed E-state index contributed by atoms with van der Waals surface area (Å²) in [4.78, 5) is 0. The van der Waals surface area contributed by atoms with Crippen LogP contribution in [-0.4, -0.2) is 0 Å². The van der Waals surface area contributed by atoms with Gasteiger partial charge in [-0.15, -0.1) is 0 Å². The van der Waals surface area contributed by atoms with Crippen LogP contribution >= 0.6 is 0 Å². The first-order valence-corrected chi connectivity index (χ1v) is 17.3. The van der Waals surface area contributed by atoms with E-state index in [2.05, 4.69) is 100 Å². The molecule has 0 fully saturated rings. The van der Waals surface area contributed by atoms with Crippen LogP contribution in [0.15, 0.2) is 84.9 Å². The van der Waals surface area contributed by atoms with Crippen LogP contribution in [0.25, 0.3) is 0 Å². The van der Waals surface area contributed by atoms with Gasteiger partial charge < -0.3 is 11.5 Å². The van der Waals surface area contributed by atoms with Crippen molar-refractivity contribution in [1.29, 1.82) is 0 Å². The molecule has 4 N–H and O–H groups in total. The summed E-state index contributed by atoms with van der Waals surface area (Å²) >= 11 is 0. The summed E-state index contributed by atoms with van der Waals surface area (Å²) < 4.78 is 0. The number of unbranched alkanes of at least 4 members (excludes halogenated alkanes) is 5. The van der Waals surface area contributed by atoms with Gasteiger partial charge in [0.05, 0.1) is 0 Å². The topological polar surface area (TPSA) is 52.0 Å². The fraction of sp³-hybridized carbons (Fsp3) is 0.429. The lowest BCUT2D eigenvalue weighted by atomic mass is 9.84. The molecule has 2 heteroatoms. The van der Waals surface area contributed by atoms with Gasteiger partial charge in [0.15, 0.2) is 0 Å². The van der Waals surface area contributed by atoms with E-state index in [1.54, 1.807) is 0 Å². The Morgan fingerprint density at radius 3 is 1.18 bits per heavy atom. The van der Waals surface area contributed by atoms with E-state index in [0.29, 0.717) is 11.8 Å². The maximum absolute atomic E-state index is 6.02. The summed E-state index contributed by atoms with van der Waals surface area (Å²) in [6.07, 6.45) is 14.9. The van der Waals surface area contributed by atoms with Gasteiger partial charge in [-0.2, -0.15) is 0 Å². The van der Waals surface area contributed by atoms with Gasteiger partial charge in [-0.3, -0.25) is 0 Å². The molecule has 0 saturated heterocycles. The Kier molecular flexibility index (Phi) is 13.0. The van der Waals surface area contributed by atoms with Gasteiger partial charge >= 0.3 is 0 Å². The smallest absolute Gasteiger partial charge is 0.0316 e. The van der Waals surface area contributed by atoms with E-state index < -0.39 is 0 Å². The summed E-state index contributed by atoms with van der Waals surface area (Å²) in [6.45, 7) is 8.93. The zero-order valence-electron chi connectivity index (χ0n) is 27.9. The van der Waals surface area contributed by atoms with E-state index in [9.17, 15) is 0 Å². The first-order valence-electron chi connectivity index (χ1n) is 17.3. The van der Waals surface area contributed by atoms with Gasteiger partial charge in [0, 0.05) is 23.2 Å². The molecule has 4 aromatic rings. The Balaban J connectivity index is 1.16. The van der Waals surface area contributed by atoms with Crippen molar-refractivity contribution >= 4 is 11.4 Å². The molecular formula is C42H56N2. The van der Waals surface area contributed by atoms with Crippen LogP contribution in [0.4, 0.5) is 11.4 Å². The number of aryl methyl sites for hydroxylation is 4. The molecule has 2 nitrogen and oxygen atoms in total. The molecule has 44 heavy (non-hydrogen) atoms. The molecule has 0 aliphatic heterocycles. The highest BCUT2D eigenvalue weighted by Crippen LogP contribution is 2.34. The van der Waals surface area contributed by atoms with Crippen LogP contribution in [0.2, 0.25) is 0 Å². The molecule has 2 unspecified atom stereocenters. The Morgan fingerprint density at radius 1 is 0.477 bits per heavy atom. The molecule has 234 valence electrons. The molecule has 4 rings (SSSR count). The summed E-state index contributed by atoms with van der Waals surface area (Å²) in [5, 5.41) is 0. The van der Waals surface area contributed by atoms with Crippen LogP contribution in [0.3, 0.4) is 0 Å². The van der Waals surface area contributed by atoms with E-state index in [4.69, 9.17) is 11.5 Å². The number of anilines is 2. The Labute approximate surface area is 268 Å². The second-order valence-electron chi connectivity index (χ2n) is 13.0. The van der Waals surface area contributed by atoms with Gasteiger partial charge in [-0.25, -0.2) is 0 Å². The predicted molar refractivity (Wildman–Crippen MR) is 193 cm³/mol. The number of rotatable bonds is 17. The average Bonchev–Trinajstić information content (AvgIpc) is 3.01. The first kappa shape index (κ1) is 33.4. The van der Waals surface area contributed by atoms with Crippen LogP contribution in [0.1, 0.15) is 134 Å². The van der Waals surface area contributed by atoms with E-state index in [1.165, 1.54) is 122 Å². The maximum atomic E-state index is 6.02. The molecular weight excluding hydrogens is 532 g/mol. The van der Waals surface area contributed by atoms with E-state index in [-0.39, 0.29) is 0 Å². The number of nitrogens with two attached hydrogens (primary N) is 2. The summed E-state index contributed by atoms with van der Waals surface area (Å²) in [5.74, 6) is 0.897.